The van der Waals surface area contributed by atoms with Gasteiger partial charge in [-0.15, -0.1) is 0 Å². The molecule has 32 heavy (non-hydrogen) atoms. The van der Waals surface area contributed by atoms with E-state index in [1.165, 1.54) is 12.1 Å². The Morgan fingerprint density at radius 3 is 2.44 bits per heavy atom. The minimum Gasteiger partial charge on any atom is -0.325 e. The maximum absolute atomic E-state index is 13.5. The topological polar surface area (TPSA) is 122 Å². The van der Waals surface area contributed by atoms with Gasteiger partial charge in [0, 0.05) is 17.8 Å². The number of benzene rings is 3. The number of anilines is 2. The molecule has 0 saturated heterocycles. The van der Waals surface area contributed by atoms with Gasteiger partial charge >= 0.3 is 0 Å². The molecule has 9 nitrogen and oxygen atoms in total. The summed E-state index contributed by atoms with van der Waals surface area (Å²) in [5, 5.41) is 13.9. The number of non-ortho nitro benzene ring substituents is 1. The Bertz CT molecular complexity index is 1350. The zero-order valence-corrected chi connectivity index (χ0v) is 17.7. The smallest absolute Gasteiger partial charge is 0.272 e. The van der Waals surface area contributed by atoms with E-state index >= 15 is 0 Å². The minimum atomic E-state index is -4.25. The number of hydrogen-bond acceptors (Lipinski definition) is 6. The fraction of sp³-hybridized carbons (Fsp3) is 0.0909. The monoisotopic (exact) mass is 450 g/mol. The average molecular weight is 450 g/mol. The van der Waals surface area contributed by atoms with Crippen molar-refractivity contribution >= 4 is 44.5 Å². The quantitative estimate of drug-likeness (QED) is 0.462. The molecule has 0 bridgehead atoms. The van der Waals surface area contributed by atoms with Gasteiger partial charge in [-0.2, -0.15) is 0 Å². The first kappa shape index (κ1) is 21.2. The number of amides is 1. The normalized spacial score (nSPS) is 14.3. The summed E-state index contributed by atoms with van der Waals surface area (Å²) >= 11 is 0. The number of nitrogens with zero attached hydrogens (tertiary/aromatic N) is 3. The van der Waals surface area contributed by atoms with Gasteiger partial charge in [-0.1, -0.05) is 36.4 Å². The number of aliphatic imine (C=N–C) groups is 1. The second kappa shape index (κ2) is 8.23. The number of amidine groups is 1. The SMILES string of the molecule is Cc1ccccc1NC(=O)CC1=Nc2ccc([N+](=O)[O-])cc2S(=O)(=O)N1c1ccccc1. The molecule has 1 N–H and O–H groups in total. The highest BCUT2D eigenvalue weighted by Crippen LogP contribution is 2.38. The number of aryl methyl sites for hydroxylation is 1. The molecule has 0 unspecified atom stereocenters. The van der Waals surface area contributed by atoms with Crippen LogP contribution in [-0.4, -0.2) is 25.1 Å². The Morgan fingerprint density at radius 1 is 1.06 bits per heavy atom. The molecular formula is C22H18N4O5S. The lowest BCUT2D eigenvalue weighted by molar-refractivity contribution is -0.385. The zero-order valence-electron chi connectivity index (χ0n) is 16.9. The zero-order chi connectivity index (χ0) is 22.9. The van der Waals surface area contributed by atoms with Crippen LogP contribution >= 0.6 is 0 Å². The van der Waals surface area contributed by atoms with Crippen LogP contribution in [0.5, 0.6) is 0 Å². The van der Waals surface area contributed by atoms with Crippen LogP contribution in [0, 0.1) is 17.0 Å². The molecule has 1 aliphatic heterocycles. The van der Waals surface area contributed by atoms with E-state index in [0.29, 0.717) is 5.69 Å². The lowest BCUT2D eigenvalue weighted by atomic mass is 10.2. The molecule has 162 valence electrons. The van der Waals surface area contributed by atoms with Gasteiger partial charge in [0.2, 0.25) is 5.91 Å². The van der Waals surface area contributed by atoms with Crippen molar-refractivity contribution in [3.8, 4) is 0 Å². The fourth-order valence-electron chi connectivity index (χ4n) is 3.35. The number of fused-ring (bicyclic) bond motifs is 1. The lowest BCUT2D eigenvalue weighted by Crippen LogP contribution is -2.41. The molecule has 0 saturated carbocycles. The van der Waals surface area contributed by atoms with E-state index in [0.717, 1.165) is 15.9 Å². The largest absolute Gasteiger partial charge is 0.325 e. The summed E-state index contributed by atoms with van der Waals surface area (Å²) in [5.74, 6) is -0.455. The van der Waals surface area contributed by atoms with Gasteiger partial charge in [0.25, 0.3) is 15.7 Å². The summed E-state index contributed by atoms with van der Waals surface area (Å²) in [6.45, 7) is 1.84. The summed E-state index contributed by atoms with van der Waals surface area (Å²) in [6, 6.07) is 18.8. The van der Waals surface area contributed by atoms with Crippen molar-refractivity contribution < 1.29 is 18.1 Å². The number of para-hydroxylation sites is 2. The lowest BCUT2D eigenvalue weighted by Gasteiger charge is -2.29. The molecule has 0 atom stereocenters. The molecule has 1 amide bonds. The number of nitro benzene ring substituents is 1. The van der Waals surface area contributed by atoms with Crippen LogP contribution in [0.15, 0.2) is 82.7 Å². The van der Waals surface area contributed by atoms with E-state index in [-0.39, 0.29) is 34.2 Å². The number of carbonyl (C=O) groups is 1. The van der Waals surface area contributed by atoms with Crippen molar-refractivity contribution in [3.63, 3.8) is 0 Å². The molecule has 1 aliphatic rings. The number of hydrogen-bond donors (Lipinski definition) is 1. The van der Waals surface area contributed by atoms with Gasteiger partial charge in [-0.3, -0.25) is 14.9 Å². The maximum Gasteiger partial charge on any atom is 0.272 e. The van der Waals surface area contributed by atoms with Crippen LogP contribution in [0.4, 0.5) is 22.7 Å². The first-order chi connectivity index (χ1) is 15.3. The molecule has 0 radical (unpaired) electrons. The number of rotatable bonds is 5. The molecule has 0 fully saturated rings. The summed E-state index contributed by atoms with van der Waals surface area (Å²) in [5.41, 5.74) is 1.42. The predicted octanol–water partition coefficient (Wildman–Crippen LogP) is 4.17. The molecule has 0 aromatic heterocycles. The number of nitrogens with one attached hydrogen (secondary N) is 1. The highest BCUT2D eigenvalue weighted by Gasteiger charge is 2.37. The van der Waals surface area contributed by atoms with Gasteiger partial charge in [0.05, 0.1) is 22.7 Å². The molecule has 1 heterocycles. The number of sulfonamides is 1. The Hall–Kier alpha value is -4.05. The van der Waals surface area contributed by atoms with Crippen molar-refractivity contribution in [2.75, 3.05) is 9.62 Å². The van der Waals surface area contributed by atoms with Crippen molar-refractivity contribution in [1.82, 2.24) is 0 Å². The molecular weight excluding hydrogens is 432 g/mol. The van der Waals surface area contributed by atoms with E-state index in [2.05, 4.69) is 10.3 Å². The van der Waals surface area contributed by atoms with Crippen LogP contribution in [-0.2, 0) is 14.8 Å². The van der Waals surface area contributed by atoms with Crippen molar-refractivity contribution in [3.05, 3.63) is 88.5 Å². The Labute approximate surface area is 184 Å². The van der Waals surface area contributed by atoms with Crippen LogP contribution < -0.4 is 9.62 Å². The average Bonchev–Trinajstić information content (AvgIpc) is 2.75. The fourth-order valence-corrected chi connectivity index (χ4v) is 4.98. The maximum atomic E-state index is 13.5. The first-order valence-corrected chi connectivity index (χ1v) is 11.0. The molecule has 0 aliphatic carbocycles. The summed E-state index contributed by atoms with van der Waals surface area (Å²) in [4.78, 5) is 27.4. The van der Waals surface area contributed by atoms with Crippen LogP contribution in [0.1, 0.15) is 12.0 Å². The van der Waals surface area contributed by atoms with Gasteiger partial charge in [-0.05, 0) is 36.8 Å². The summed E-state index contributed by atoms with van der Waals surface area (Å²) in [6.07, 6.45) is -0.321. The van der Waals surface area contributed by atoms with Gasteiger partial charge in [-0.25, -0.2) is 17.7 Å². The van der Waals surface area contributed by atoms with Crippen LogP contribution in [0.25, 0.3) is 0 Å². The minimum absolute atomic E-state index is 0.0105. The van der Waals surface area contributed by atoms with Gasteiger partial charge in [0.15, 0.2) is 0 Å². The van der Waals surface area contributed by atoms with Crippen LogP contribution in [0.3, 0.4) is 0 Å². The second-order valence-corrected chi connectivity index (χ2v) is 8.84. The third kappa shape index (κ3) is 3.95. The molecule has 10 heteroatoms. The summed E-state index contributed by atoms with van der Waals surface area (Å²) in [7, 11) is -4.25. The van der Waals surface area contributed by atoms with Crippen LogP contribution in [0.2, 0.25) is 0 Å². The summed E-state index contributed by atoms with van der Waals surface area (Å²) < 4.78 is 27.9. The van der Waals surface area contributed by atoms with E-state index < -0.39 is 20.9 Å². The third-order valence-corrected chi connectivity index (χ3v) is 6.67. The molecule has 4 rings (SSSR count). The second-order valence-electron chi connectivity index (χ2n) is 7.08. The standard InChI is InChI=1S/C22H18N4O5S/c1-15-7-5-6-10-18(15)24-22(27)14-21-23-19-12-11-17(26(28)29)13-20(19)32(30,31)25(21)16-8-3-2-4-9-16/h2-13H,14H2,1H3,(H,24,27). The van der Waals surface area contributed by atoms with Crippen molar-refractivity contribution in [2.24, 2.45) is 4.99 Å². The van der Waals surface area contributed by atoms with Crippen molar-refractivity contribution in [1.29, 1.82) is 0 Å². The number of carbonyl (C=O) groups excluding carboxylic acids is 1. The van der Waals surface area contributed by atoms with Gasteiger partial charge in [0.1, 0.15) is 10.7 Å². The Balaban J connectivity index is 1.78. The van der Waals surface area contributed by atoms with E-state index in [9.17, 15) is 23.3 Å². The Morgan fingerprint density at radius 2 is 1.75 bits per heavy atom. The third-order valence-electron chi connectivity index (χ3n) is 4.88. The number of nitro groups is 1. The first-order valence-electron chi connectivity index (χ1n) is 9.59. The molecule has 0 spiro atoms. The van der Waals surface area contributed by atoms with E-state index in [1.54, 1.807) is 42.5 Å². The predicted molar refractivity (Wildman–Crippen MR) is 121 cm³/mol. The van der Waals surface area contributed by atoms with E-state index in [4.69, 9.17) is 0 Å². The molecule has 3 aromatic rings. The Kier molecular flexibility index (Phi) is 5.45. The van der Waals surface area contributed by atoms with Crippen molar-refractivity contribution in [2.45, 2.75) is 18.2 Å². The highest BCUT2D eigenvalue weighted by atomic mass is 32.2. The van der Waals surface area contributed by atoms with Gasteiger partial charge < -0.3 is 5.32 Å². The van der Waals surface area contributed by atoms with E-state index in [1.807, 2.05) is 19.1 Å². The molecule has 3 aromatic carbocycles. The highest BCUT2D eigenvalue weighted by molar-refractivity contribution is 7.93.